The lowest BCUT2D eigenvalue weighted by molar-refractivity contribution is 0.101. The van der Waals surface area contributed by atoms with Crippen LogP contribution in [0.4, 0.5) is 23.2 Å². The summed E-state index contributed by atoms with van der Waals surface area (Å²) in [7, 11) is 1.36. The maximum atomic E-state index is 13.4. The summed E-state index contributed by atoms with van der Waals surface area (Å²) in [5, 5.41) is 5.30. The standard InChI is InChI=1S/C11H6ClF4N3O/c1-19-10(4(12)3-17-19)11(20)18-9-7(15)5(13)2-6(14)8(9)16/h2-3H,1H3,(H,18,20). The van der Waals surface area contributed by atoms with E-state index in [1.807, 2.05) is 0 Å². The number of anilines is 1. The molecule has 0 saturated carbocycles. The fourth-order valence-electron chi connectivity index (χ4n) is 1.52. The molecule has 1 N–H and O–H groups in total. The first kappa shape index (κ1) is 14.3. The van der Waals surface area contributed by atoms with Crippen molar-refractivity contribution in [2.75, 3.05) is 5.32 Å². The van der Waals surface area contributed by atoms with Gasteiger partial charge in [-0.05, 0) is 0 Å². The fourth-order valence-corrected chi connectivity index (χ4v) is 1.77. The van der Waals surface area contributed by atoms with Crippen molar-refractivity contribution in [1.29, 1.82) is 0 Å². The van der Waals surface area contributed by atoms with E-state index < -0.39 is 34.9 Å². The van der Waals surface area contributed by atoms with Crippen LogP contribution in [0.2, 0.25) is 5.02 Å². The van der Waals surface area contributed by atoms with Crippen molar-refractivity contribution in [3.05, 3.63) is 46.2 Å². The molecule has 2 rings (SSSR count). The SMILES string of the molecule is Cn1ncc(Cl)c1C(=O)Nc1c(F)c(F)cc(F)c1F. The minimum atomic E-state index is -1.71. The average Bonchev–Trinajstić information content (AvgIpc) is 2.72. The van der Waals surface area contributed by atoms with E-state index in [0.29, 0.717) is 0 Å². The van der Waals surface area contributed by atoms with Gasteiger partial charge in [-0.2, -0.15) is 5.10 Å². The Bertz CT molecular complexity index is 656. The molecule has 1 heterocycles. The molecule has 0 atom stereocenters. The normalized spacial score (nSPS) is 10.7. The van der Waals surface area contributed by atoms with E-state index >= 15 is 0 Å². The number of amides is 1. The van der Waals surface area contributed by atoms with E-state index in [-0.39, 0.29) is 16.8 Å². The van der Waals surface area contributed by atoms with Crippen molar-refractivity contribution in [2.45, 2.75) is 0 Å². The van der Waals surface area contributed by atoms with Crippen molar-refractivity contribution in [3.8, 4) is 0 Å². The molecule has 0 aliphatic rings. The molecule has 20 heavy (non-hydrogen) atoms. The van der Waals surface area contributed by atoms with Crippen LogP contribution in [0, 0.1) is 23.3 Å². The second kappa shape index (κ2) is 5.12. The molecule has 0 spiro atoms. The topological polar surface area (TPSA) is 46.9 Å². The maximum Gasteiger partial charge on any atom is 0.275 e. The zero-order chi connectivity index (χ0) is 15.0. The van der Waals surface area contributed by atoms with Gasteiger partial charge in [0.15, 0.2) is 23.3 Å². The fraction of sp³-hybridized carbons (Fsp3) is 0.0909. The first-order valence-corrected chi connectivity index (χ1v) is 5.52. The number of aromatic nitrogens is 2. The van der Waals surface area contributed by atoms with Crippen LogP contribution in [0.5, 0.6) is 0 Å². The van der Waals surface area contributed by atoms with Crippen LogP contribution < -0.4 is 5.32 Å². The number of aryl methyl sites for hydroxylation is 1. The highest BCUT2D eigenvalue weighted by molar-refractivity contribution is 6.34. The van der Waals surface area contributed by atoms with Gasteiger partial charge < -0.3 is 5.32 Å². The van der Waals surface area contributed by atoms with Crippen molar-refractivity contribution in [3.63, 3.8) is 0 Å². The van der Waals surface area contributed by atoms with Gasteiger partial charge in [-0.15, -0.1) is 0 Å². The molecule has 0 aliphatic heterocycles. The van der Waals surface area contributed by atoms with Crippen LogP contribution in [0.15, 0.2) is 12.3 Å². The molecule has 0 saturated heterocycles. The van der Waals surface area contributed by atoms with Crippen LogP contribution in [0.3, 0.4) is 0 Å². The zero-order valence-electron chi connectivity index (χ0n) is 9.85. The molecule has 0 aliphatic carbocycles. The molecule has 9 heteroatoms. The Morgan fingerprint density at radius 3 is 2.25 bits per heavy atom. The highest BCUT2D eigenvalue weighted by Crippen LogP contribution is 2.25. The summed E-state index contributed by atoms with van der Waals surface area (Å²) in [4.78, 5) is 11.8. The summed E-state index contributed by atoms with van der Waals surface area (Å²) in [5.74, 6) is -7.74. The number of rotatable bonds is 2. The highest BCUT2D eigenvalue weighted by atomic mass is 35.5. The van der Waals surface area contributed by atoms with E-state index in [4.69, 9.17) is 11.6 Å². The summed E-state index contributed by atoms with van der Waals surface area (Å²) in [6.45, 7) is 0. The molecule has 1 amide bonds. The molecule has 4 nitrogen and oxygen atoms in total. The van der Waals surface area contributed by atoms with Gasteiger partial charge >= 0.3 is 0 Å². The lowest BCUT2D eigenvalue weighted by Gasteiger charge is -2.09. The van der Waals surface area contributed by atoms with Crippen LogP contribution in [-0.4, -0.2) is 15.7 Å². The number of carbonyl (C=O) groups excluding carboxylic acids is 1. The molecule has 1 aromatic carbocycles. The van der Waals surface area contributed by atoms with Crippen molar-refractivity contribution < 1.29 is 22.4 Å². The number of hydrogen-bond acceptors (Lipinski definition) is 2. The maximum absolute atomic E-state index is 13.4. The summed E-state index contributed by atoms with van der Waals surface area (Å²) in [5.41, 5.74) is -1.44. The van der Waals surface area contributed by atoms with Gasteiger partial charge in [0.1, 0.15) is 11.4 Å². The quantitative estimate of drug-likeness (QED) is 0.685. The van der Waals surface area contributed by atoms with Crippen molar-refractivity contribution >= 4 is 23.2 Å². The van der Waals surface area contributed by atoms with Gasteiger partial charge in [0.2, 0.25) is 0 Å². The third-order valence-electron chi connectivity index (χ3n) is 2.46. The summed E-state index contributed by atoms with van der Waals surface area (Å²) in [6, 6.07) is 0.0391. The molecular formula is C11H6ClF4N3O. The largest absolute Gasteiger partial charge is 0.315 e. The lowest BCUT2D eigenvalue weighted by Crippen LogP contribution is -2.19. The first-order valence-electron chi connectivity index (χ1n) is 5.14. The van der Waals surface area contributed by atoms with Crippen LogP contribution in [0.25, 0.3) is 0 Å². The van der Waals surface area contributed by atoms with Gasteiger partial charge in [0.25, 0.3) is 5.91 Å². The summed E-state index contributed by atoms with van der Waals surface area (Å²) < 4.78 is 53.8. The van der Waals surface area contributed by atoms with Crippen molar-refractivity contribution in [1.82, 2.24) is 9.78 Å². The van der Waals surface area contributed by atoms with E-state index in [1.165, 1.54) is 7.05 Å². The molecule has 0 bridgehead atoms. The number of nitrogens with one attached hydrogen (secondary N) is 1. The minimum absolute atomic E-state index is 0.0391. The van der Waals surface area contributed by atoms with Gasteiger partial charge in [-0.3, -0.25) is 9.48 Å². The van der Waals surface area contributed by atoms with E-state index in [9.17, 15) is 22.4 Å². The molecule has 106 valence electrons. The molecule has 2 aromatic rings. The zero-order valence-corrected chi connectivity index (χ0v) is 10.6. The van der Waals surface area contributed by atoms with E-state index in [0.717, 1.165) is 10.9 Å². The van der Waals surface area contributed by atoms with Crippen molar-refractivity contribution in [2.24, 2.45) is 7.05 Å². The highest BCUT2D eigenvalue weighted by Gasteiger charge is 2.23. The Morgan fingerprint density at radius 1 is 1.25 bits per heavy atom. The smallest absolute Gasteiger partial charge is 0.275 e. The Hall–Kier alpha value is -2.09. The minimum Gasteiger partial charge on any atom is -0.315 e. The number of halogens is 5. The third kappa shape index (κ3) is 2.34. The monoisotopic (exact) mass is 307 g/mol. The second-order valence-electron chi connectivity index (χ2n) is 3.76. The number of hydrogen-bond donors (Lipinski definition) is 1. The Kier molecular flexibility index (Phi) is 3.67. The third-order valence-corrected chi connectivity index (χ3v) is 2.74. The molecule has 1 aromatic heterocycles. The lowest BCUT2D eigenvalue weighted by atomic mass is 10.2. The molecule has 0 unspecified atom stereocenters. The molecule has 0 fully saturated rings. The number of carbonyl (C=O) groups is 1. The van der Waals surface area contributed by atoms with Gasteiger partial charge in [0, 0.05) is 13.1 Å². The summed E-state index contributed by atoms with van der Waals surface area (Å²) >= 11 is 5.67. The van der Waals surface area contributed by atoms with Gasteiger partial charge in [0.05, 0.1) is 11.2 Å². The van der Waals surface area contributed by atoms with Crippen LogP contribution in [0.1, 0.15) is 10.5 Å². The van der Waals surface area contributed by atoms with E-state index in [2.05, 4.69) is 5.10 Å². The second-order valence-corrected chi connectivity index (χ2v) is 4.17. The predicted molar refractivity (Wildman–Crippen MR) is 62.4 cm³/mol. The van der Waals surface area contributed by atoms with E-state index in [1.54, 1.807) is 5.32 Å². The number of benzene rings is 1. The first-order chi connectivity index (χ1) is 9.32. The Morgan fingerprint density at radius 2 is 1.80 bits per heavy atom. The average molecular weight is 308 g/mol. The Balaban J connectivity index is 2.43. The Labute approximate surface area is 115 Å². The van der Waals surface area contributed by atoms with Gasteiger partial charge in [-0.1, -0.05) is 11.6 Å². The van der Waals surface area contributed by atoms with Crippen LogP contribution in [-0.2, 0) is 7.05 Å². The summed E-state index contributed by atoms with van der Waals surface area (Å²) in [6.07, 6.45) is 1.13. The predicted octanol–water partition coefficient (Wildman–Crippen LogP) is 2.88. The van der Waals surface area contributed by atoms with Gasteiger partial charge in [-0.25, -0.2) is 17.6 Å². The molecule has 0 radical (unpaired) electrons. The van der Waals surface area contributed by atoms with Crippen LogP contribution >= 0.6 is 11.6 Å². The number of nitrogens with zero attached hydrogens (tertiary/aromatic N) is 2. The molecular weight excluding hydrogens is 302 g/mol.